The summed E-state index contributed by atoms with van der Waals surface area (Å²) in [7, 11) is -3.28. The van der Waals surface area contributed by atoms with E-state index in [1.165, 1.54) is 24.4 Å². The number of hydrogen-bond acceptors (Lipinski definition) is 5. The summed E-state index contributed by atoms with van der Waals surface area (Å²) in [6.45, 7) is 5.01. The quantitative estimate of drug-likeness (QED) is 0.471. The van der Waals surface area contributed by atoms with Crippen molar-refractivity contribution in [2.45, 2.75) is 37.7 Å². The molecule has 0 spiro atoms. The average Bonchev–Trinajstić information content (AvgIpc) is 2.75. The number of ether oxygens (including phenoxy) is 1. The van der Waals surface area contributed by atoms with Crippen molar-refractivity contribution in [3.8, 4) is 5.88 Å². The van der Waals surface area contributed by atoms with E-state index in [1.54, 1.807) is 57.2 Å². The van der Waals surface area contributed by atoms with Gasteiger partial charge in [-0.25, -0.2) is 17.8 Å². The molecule has 0 saturated heterocycles. The number of aromatic nitrogens is 1. The number of benzene rings is 2. The topological polar surface area (TPSA) is 85.4 Å². The highest BCUT2D eigenvalue weighted by atomic mass is 35.5. The van der Waals surface area contributed by atoms with Gasteiger partial charge >= 0.3 is 0 Å². The van der Waals surface area contributed by atoms with Crippen LogP contribution in [0.25, 0.3) is 0 Å². The van der Waals surface area contributed by atoms with Crippen molar-refractivity contribution in [2.24, 2.45) is 0 Å². The normalized spacial score (nSPS) is 11.8. The molecule has 33 heavy (non-hydrogen) atoms. The van der Waals surface area contributed by atoms with Crippen LogP contribution in [0.3, 0.4) is 0 Å². The zero-order valence-electron chi connectivity index (χ0n) is 18.4. The number of carbonyl (C=O) groups is 1. The maximum Gasteiger partial charge on any atom is 0.228 e. The summed E-state index contributed by atoms with van der Waals surface area (Å²) in [6.07, 6.45) is 1.52. The van der Waals surface area contributed by atoms with Crippen LogP contribution in [-0.2, 0) is 26.7 Å². The number of halogens is 2. The molecule has 0 saturated carbocycles. The molecule has 0 atom stereocenters. The Morgan fingerprint density at radius 2 is 1.82 bits per heavy atom. The van der Waals surface area contributed by atoms with E-state index in [0.29, 0.717) is 21.8 Å². The standard InChI is InChI=1S/C24H24ClFN2O4S/c1-4-33(30,31)19-9-5-16(6-10-19)13-22(29)28-18-8-12-23(27-15-18)32-24(2,3)20-11-7-17(25)14-21(20)26/h5-12,14-15H,4,13H2,1-3H3,(H,28,29). The van der Waals surface area contributed by atoms with Gasteiger partial charge in [-0.2, -0.15) is 0 Å². The summed E-state index contributed by atoms with van der Waals surface area (Å²) in [6, 6.07) is 13.8. The summed E-state index contributed by atoms with van der Waals surface area (Å²) in [4.78, 5) is 16.8. The molecule has 1 amide bonds. The van der Waals surface area contributed by atoms with E-state index in [0.717, 1.165) is 0 Å². The zero-order chi connectivity index (χ0) is 24.2. The SMILES string of the molecule is CCS(=O)(=O)c1ccc(CC(=O)Nc2ccc(OC(C)(C)c3ccc(Cl)cc3F)nc2)cc1. The highest BCUT2D eigenvalue weighted by Crippen LogP contribution is 2.30. The monoisotopic (exact) mass is 490 g/mol. The van der Waals surface area contributed by atoms with Gasteiger partial charge in [-0.1, -0.05) is 36.7 Å². The predicted octanol–water partition coefficient (Wildman–Crippen LogP) is 5.16. The maximum absolute atomic E-state index is 14.3. The Labute approximate surface area is 197 Å². The second-order valence-corrected chi connectivity index (χ2v) is 10.6. The first-order chi connectivity index (χ1) is 15.5. The van der Waals surface area contributed by atoms with Gasteiger partial charge in [-0.3, -0.25) is 4.79 Å². The predicted molar refractivity (Wildman–Crippen MR) is 126 cm³/mol. The van der Waals surface area contributed by atoms with Crippen LogP contribution < -0.4 is 10.1 Å². The third kappa shape index (κ3) is 6.30. The van der Waals surface area contributed by atoms with Gasteiger partial charge in [0, 0.05) is 16.7 Å². The van der Waals surface area contributed by atoms with E-state index < -0.39 is 21.3 Å². The first kappa shape index (κ1) is 24.7. The molecule has 0 aliphatic heterocycles. The minimum atomic E-state index is -3.28. The Balaban J connectivity index is 1.61. The number of rotatable bonds is 8. The molecule has 3 rings (SSSR count). The number of nitrogens with zero attached hydrogens (tertiary/aromatic N) is 1. The fourth-order valence-electron chi connectivity index (χ4n) is 3.18. The van der Waals surface area contributed by atoms with Gasteiger partial charge < -0.3 is 10.1 Å². The Kier molecular flexibility index (Phi) is 7.39. The van der Waals surface area contributed by atoms with E-state index in [9.17, 15) is 17.6 Å². The van der Waals surface area contributed by atoms with Crippen molar-refractivity contribution in [3.05, 3.63) is 82.8 Å². The van der Waals surface area contributed by atoms with Crippen molar-refractivity contribution in [2.75, 3.05) is 11.1 Å². The molecule has 0 unspecified atom stereocenters. The van der Waals surface area contributed by atoms with E-state index in [-0.39, 0.29) is 28.9 Å². The summed E-state index contributed by atoms with van der Waals surface area (Å²) in [5.74, 6) is -0.470. The van der Waals surface area contributed by atoms with Crippen molar-refractivity contribution >= 4 is 33.0 Å². The van der Waals surface area contributed by atoms with E-state index in [1.807, 2.05) is 0 Å². The Morgan fingerprint density at radius 1 is 1.12 bits per heavy atom. The second kappa shape index (κ2) is 9.89. The van der Waals surface area contributed by atoms with Gasteiger partial charge in [0.05, 0.1) is 29.0 Å². The van der Waals surface area contributed by atoms with Crippen LogP contribution in [-0.4, -0.2) is 25.1 Å². The molecule has 174 valence electrons. The Morgan fingerprint density at radius 3 is 2.39 bits per heavy atom. The van der Waals surface area contributed by atoms with Crippen molar-refractivity contribution < 1.29 is 22.3 Å². The van der Waals surface area contributed by atoms with Crippen LogP contribution in [0.4, 0.5) is 10.1 Å². The summed E-state index contributed by atoms with van der Waals surface area (Å²) >= 11 is 5.82. The molecule has 1 aromatic heterocycles. The third-order valence-corrected chi connectivity index (χ3v) is 6.97. The molecule has 3 aromatic rings. The largest absolute Gasteiger partial charge is 0.467 e. The molecule has 0 fully saturated rings. The van der Waals surface area contributed by atoms with Crippen LogP contribution in [0.2, 0.25) is 5.02 Å². The van der Waals surface area contributed by atoms with E-state index >= 15 is 0 Å². The lowest BCUT2D eigenvalue weighted by atomic mass is 9.97. The van der Waals surface area contributed by atoms with Crippen LogP contribution in [0.15, 0.2) is 65.7 Å². The van der Waals surface area contributed by atoms with Gasteiger partial charge in [0.15, 0.2) is 9.84 Å². The number of hydrogen-bond donors (Lipinski definition) is 1. The highest BCUT2D eigenvalue weighted by molar-refractivity contribution is 7.91. The lowest BCUT2D eigenvalue weighted by Gasteiger charge is -2.26. The molecule has 1 N–H and O–H groups in total. The minimum absolute atomic E-state index is 0.0192. The van der Waals surface area contributed by atoms with Crippen molar-refractivity contribution in [3.63, 3.8) is 0 Å². The summed E-state index contributed by atoms with van der Waals surface area (Å²) in [5, 5.41) is 3.03. The van der Waals surface area contributed by atoms with E-state index in [2.05, 4.69) is 10.3 Å². The van der Waals surface area contributed by atoms with Gasteiger partial charge in [-0.05, 0) is 49.7 Å². The summed E-state index contributed by atoms with van der Waals surface area (Å²) in [5.41, 5.74) is 0.489. The molecular formula is C24H24ClFN2O4S. The number of amides is 1. The van der Waals surface area contributed by atoms with Gasteiger partial charge in [0.2, 0.25) is 11.8 Å². The molecular weight excluding hydrogens is 467 g/mol. The average molecular weight is 491 g/mol. The number of anilines is 1. The Hall–Kier alpha value is -2.97. The molecule has 0 radical (unpaired) electrons. The minimum Gasteiger partial charge on any atom is -0.467 e. The number of pyridine rings is 1. The highest BCUT2D eigenvalue weighted by Gasteiger charge is 2.27. The molecule has 0 bridgehead atoms. The van der Waals surface area contributed by atoms with Crippen LogP contribution in [0, 0.1) is 5.82 Å². The van der Waals surface area contributed by atoms with Gasteiger partial charge in [-0.15, -0.1) is 0 Å². The molecule has 2 aromatic carbocycles. The van der Waals surface area contributed by atoms with Crippen LogP contribution in [0.5, 0.6) is 5.88 Å². The number of sulfone groups is 1. The van der Waals surface area contributed by atoms with Gasteiger partial charge in [0.1, 0.15) is 11.4 Å². The van der Waals surface area contributed by atoms with Crippen LogP contribution >= 0.6 is 11.6 Å². The van der Waals surface area contributed by atoms with Crippen LogP contribution in [0.1, 0.15) is 31.9 Å². The number of carbonyl (C=O) groups excluding carboxylic acids is 1. The third-order valence-electron chi connectivity index (χ3n) is 4.99. The first-order valence-corrected chi connectivity index (χ1v) is 12.3. The maximum atomic E-state index is 14.3. The fourth-order valence-corrected chi connectivity index (χ4v) is 4.22. The fraction of sp³-hybridized carbons (Fsp3) is 0.250. The second-order valence-electron chi connectivity index (χ2n) is 7.89. The van der Waals surface area contributed by atoms with Crippen molar-refractivity contribution in [1.29, 1.82) is 0 Å². The lowest BCUT2D eigenvalue weighted by Crippen LogP contribution is -2.27. The van der Waals surface area contributed by atoms with Gasteiger partial charge in [0.25, 0.3) is 0 Å². The number of nitrogens with one attached hydrogen (secondary N) is 1. The smallest absolute Gasteiger partial charge is 0.228 e. The zero-order valence-corrected chi connectivity index (χ0v) is 20.0. The van der Waals surface area contributed by atoms with E-state index in [4.69, 9.17) is 16.3 Å². The Bertz CT molecular complexity index is 1240. The molecule has 9 heteroatoms. The van der Waals surface area contributed by atoms with Crippen molar-refractivity contribution in [1.82, 2.24) is 4.98 Å². The molecule has 0 aliphatic carbocycles. The summed E-state index contributed by atoms with van der Waals surface area (Å²) < 4.78 is 43.9. The molecule has 0 aliphatic rings. The molecule has 1 heterocycles. The molecule has 6 nitrogen and oxygen atoms in total. The first-order valence-electron chi connectivity index (χ1n) is 10.2. The lowest BCUT2D eigenvalue weighted by molar-refractivity contribution is -0.115.